The fraction of sp³-hybridized carbons (Fsp3) is 0.455. The van der Waals surface area contributed by atoms with Crippen molar-refractivity contribution in [1.82, 2.24) is 0 Å². The second kappa shape index (κ2) is 3.13. The van der Waals surface area contributed by atoms with E-state index in [0.717, 1.165) is 0 Å². The number of rotatable bonds is 0. The minimum Gasteiger partial charge on any atom is -0.372 e. The van der Waals surface area contributed by atoms with Gasteiger partial charge in [0.25, 0.3) is 0 Å². The van der Waals surface area contributed by atoms with E-state index >= 15 is 0 Å². The van der Waals surface area contributed by atoms with Crippen molar-refractivity contribution in [3.05, 3.63) is 34.9 Å². The first-order valence-corrected chi connectivity index (χ1v) is 4.66. The molecule has 0 saturated heterocycles. The topological polar surface area (TPSA) is 35.2 Å². The molecule has 0 aromatic heterocycles. The van der Waals surface area contributed by atoms with Gasteiger partial charge in [0.2, 0.25) is 0 Å². The van der Waals surface area contributed by atoms with E-state index in [-0.39, 0.29) is 12.1 Å². The molecule has 2 N–H and O–H groups in total. The first-order valence-electron chi connectivity index (χ1n) is 4.66. The Morgan fingerprint density at radius 2 is 2.23 bits per heavy atom. The van der Waals surface area contributed by atoms with Crippen LogP contribution in [0.3, 0.4) is 0 Å². The summed E-state index contributed by atoms with van der Waals surface area (Å²) >= 11 is 0. The zero-order valence-electron chi connectivity index (χ0n) is 8.08. The molecule has 70 valence electrons. The van der Waals surface area contributed by atoms with E-state index in [1.807, 2.05) is 0 Å². The molecule has 2 heteroatoms. The fourth-order valence-corrected chi connectivity index (χ4v) is 1.99. The first-order chi connectivity index (χ1) is 6.20. The molecule has 2 rings (SSSR count). The van der Waals surface area contributed by atoms with Gasteiger partial charge in [0.05, 0.1) is 18.8 Å². The van der Waals surface area contributed by atoms with Crippen LogP contribution in [-0.2, 0) is 4.74 Å². The highest BCUT2D eigenvalue weighted by molar-refractivity contribution is 5.39. The highest BCUT2D eigenvalue weighted by Crippen LogP contribution is 2.32. The van der Waals surface area contributed by atoms with Crippen LogP contribution in [0, 0.1) is 6.92 Å². The predicted octanol–water partition coefficient (Wildman–Crippen LogP) is 2.09. The maximum Gasteiger partial charge on any atom is 0.0801 e. The minimum atomic E-state index is 0.0485. The van der Waals surface area contributed by atoms with Gasteiger partial charge in [-0.15, -0.1) is 0 Å². The van der Waals surface area contributed by atoms with E-state index in [1.54, 1.807) is 0 Å². The van der Waals surface area contributed by atoms with Crippen LogP contribution >= 0.6 is 0 Å². The number of aryl methyl sites for hydroxylation is 1. The highest BCUT2D eigenvalue weighted by atomic mass is 16.5. The predicted molar refractivity (Wildman–Crippen MR) is 52.5 cm³/mol. The zero-order chi connectivity index (χ0) is 9.42. The Morgan fingerprint density at radius 3 is 2.92 bits per heavy atom. The van der Waals surface area contributed by atoms with Gasteiger partial charge in [0, 0.05) is 0 Å². The zero-order valence-corrected chi connectivity index (χ0v) is 8.08. The average molecular weight is 177 g/mol. The van der Waals surface area contributed by atoms with Crippen LogP contribution in [0.1, 0.15) is 35.8 Å². The Labute approximate surface area is 78.7 Å². The number of ether oxygens (including phenoxy) is 1. The smallest absolute Gasteiger partial charge is 0.0801 e. The van der Waals surface area contributed by atoms with Gasteiger partial charge in [-0.25, -0.2) is 0 Å². The lowest BCUT2D eigenvalue weighted by molar-refractivity contribution is 0.0405. The summed E-state index contributed by atoms with van der Waals surface area (Å²) in [4.78, 5) is 0. The molecule has 0 amide bonds. The van der Waals surface area contributed by atoms with Crippen molar-refractivity contribution in [2.45, 2.75) is 26.0 Å². The van der Waals surface area contributed by atoms with Gasteiger partial charge in [-0.3, -0.25) is 0 Å². The number of nitrogens with two attached hydrogens (primary N) is 1. The van der Waals surface area contributed by atoms with Gasteiger partial charge in [0.15, 0.2) is 0 Å². The van der Waals surface area contributed by atoms with E-state index in [4.69, 9.17) is 10.5 Å². The monoisotopic (exact) mass is 177 g/mol. The summed E-state index contributed by atoms with van der Waals surface area (Å²) in [5.74, 6) is 0. The van der Waals surface area contributed by atoms with Crippen LogP contribution in [0.4, 0.5) is 0 Å². The second-order valence-electron chi connectivity index (χ2n) is 3.66. The van der Waals surface area contributed by atoms with Crippen LogP contribution in [-0.4, -0.2) is 6.61 Å². The van der Waals surface area contributed by atoms with E-state index in [0.29, 0.717) is 6.61 Å². The van der Waals surface area contributed by atoms with Gasteiger partial charge in [0.1, 0.15) is 0 Å². The molecule has 1 aromatic carbocycles. The summed E-state index contributed by atoms with van der Waals surface area (Å²) in [5, 5.41) is 0. The lowest BCUT2D eigenvalue weighted by Gasteiger charge is -2.29. The van der Waals surface area contributed by atoms with Crippen molar-refractivity contribution in [2.75, 3.05) is 6.61 Å². The summed E-state index contributed by atoms with van der Waals surface area (Å²) in [5.41, 5.74) is 9.79. The Balaban J connectivity index is 2.56. The standard InChI is InChI=1S/C11H15NO/c1-7-4-3-5-9-8(2)13-6-10(12)11(7)9/h3-5,8,10H,6,12H2,1-2H3/t8-,10+/m0/s1. The Hall–Kier alpha value is -0.860. The lowest BCUT2D eigenvalue weighted by Crippen LogP contribution is -2.26. The van der Waals surface area contributed by atoms with Gasteiger partial charge in [-0.1, -0.05) is 18.2 Å². The maximum atomic E-state index is 5.98. The molecule has 0 unspecified atom stereocenters. The first kappa shape index (κ1) is 8.73. The fourth-order valence-electron chi connectivity index (χ4n) is 1.99. The molecule has 1 aliphatic heterocycles. The van der Waals surface area contributed by atoms with E-state index < -0.39 is 0 Å². The third-order valence-corrected chi connectivity index (χ3v) is 2.69. The van der Waals surface area contributed by atoms with Crippen molar-refractivity contribution in [3.63, 3.8) is 0 Å². The summed E-state index contributed by atoms with van der Waals surface area (Å²) in [6.07, 6.45) is 0.190. The molecule has 0 fully saturated rings. The minimum absolute atomic E-state index is 0.0485. The molecule has 1 heterocycles. The van der Waals surface area contributed by atoms with Gasteiger partial charge < -0.3 is 10.5 Å². The SMILES string of the molecule is Cc1cccc2c1[C@H](N)CO[C@H]2C. The van der Waals surface area contributed by atoms with Crippen LogP contribution in [0.2, 0.25) is 0 Å². The van der Waals surface area contributed by atoms with Crippen LogP contribution in [0.5, 0.6) is 0 Å². The summed E-state index contributed by atoms with van der Waals surface area (Å²) in [6.45, 7) is 4.82. The molecule has 13 heavy (non-hydrogen) atoms. The van der Waals surface area contributed by atoms with Gasteiger partial charge in [-0.05, 0) is 30.5 Å². The second-order valence-corrected chi connectivity index (χ2v) is 3.66. The molecular weight excluding hydrogens is 162 g/mol. The number of benzene rings is 1. The third kappa shape index (κ3) is 1.36. The van der Waals surface area contributed by atoms with Crippen molar-refractivity contribution < 1.29 is 4.74 Å². The van der Waals surface area contributed by atoms with E-state index in [2.05, 4.69) is 32.0 Å². The summed E-state index contributed by atoms with van der Waals surface area (Å²) < 4.78 is 5.55. The molecule has 0 spiro atoms. The molecule has 1 aromatic rings. The van der Waals surface area contributed by atoms with Crippen LogP contribution in [0.25, 0.3) is 0 Å². The summed E-state index contributed by atoms with van der Waals surface area (Å²) in [7, 11) is 0. The molecule has 2 atom stereocenters. The quantitative estimate of drug-likeness (QED) is 0.658. The molecular formula is C11H15NO. The molecule has 0 saturated carbocycles. The van der Waals surface area contributed by atoms with Gasteiger partial charge in [-0.2, -0.15) is 0 Å². The third-order valence-electron chi connectivity index (χ3n) is 2.69. The average Bonchev–Trinajstić information content (AvgIpc) is 2.12. The van der Waals surface area contributed by atoms with Gasteiger partial charge >= 0.3 is 0 Å². The number of fused-ring (bicyclic) bond motifs is 1. The normalized spacial score (nSPS) is 27.0. The number of hydrogen-bond donors (Lipinski definition) is 1. The van der Waals surface area contributed by atoms with Crippen molar-refractivity contribution in [2.24, 2.45) is 5.73 Å². The van der Waals surface area contributed by atoms with Crippen LogP contribution < -0.4 is 5.73 Å². The number of hydrogen-bond acceptors (Lipinski definition) is 2. The van der Waals surface area contributed by atoms with Crippen molar-refractivity contribution >= 4 is 0 Å². The largest absolute Gasteiger partial charge is 0.372 e. The van der Waals surface area contributed by atoms with Crippen LogP contribution in [0.15, 0.2) is 18.2 Å². The highest BCUT2D eigenvalue weighted by Gasteiger charge is 2.23. The van der Waals surface area contributed by atoms with E-state index in [1.165, 1.54) is 16.7 Å². The summed E-state index contributed by atoms with van der Waals surface area (Å²) in [6, 6.07) is 6.32. The maximum absolute atomic E-state index is 5.98. The lowest BCUT2D eigenvalue weighted by atomic mass is 9.91. The van der Waals surface area contributed by atoms with Crippen molar-refractivity contribution in [3.8, 4) is 0 Å². The Bertz CT molecular complexity index is 322. The Kier molecular flexibility index (Phi) is 2.10. The molecule has 0 bridgehead atoms. The van der Waals surface area contributed by atoms with E-state index in [9.17, 15) is 0 Å². The molecule has 0 aliphatic carbocycles. The molecule has 1 aliphatic rings. The molecule has 0 radical (unpaired) electrons. The molecule has 2 nitrogen and oxygen atoms in total. The Morgan fingerprint density at radius 1 is 1.46 bits per heavy atom. The van der Waals surface area contributed by atoms with Crippen molar-refractivity contribution in [1.29, 1.82) is 0 Å².